The van der Waals surface area contributed by atoms with Crippen LogP contribution in [0.5, 0.6) is 0 Å². The first-order valence-corrected chi connectivity index (χ1v) is 5.68. The summed E-state index contributed by atoms with van der Waals surface area (Å²) in [6.07, 6.45) is 1.66. The number of benzene rings is 1. The highest BCUT2D eigenvalue weighted by Crippen LogP contribution is 2.18. The smallest absolute Gasteiger partial charge is 0.117 e. The maximum atomic E-state index is 5.90. The Kier molecular flexibility index (Phi) is 3.88. The zero-order chi connectivity index (χ0) is 11.4. The molecule has 0 aliphatic heterocycles. The van der Waals surface area contributed by atoms with Crippen LogP contribution < -0.4 is 5.32 Å². The van der Waals surface area contributed by atoms with Gasteiger partial charge in [-0.1, -0.05) is 23.2 Å². The van der Waals surface area contributed by atoms with Crippen LogP contribution in [0.15, 0.2) is 41.0 Å². The minimum absolute atomic E-state index is 0.655. The van der Waals surface area contributed by atoms with Gasteiger partial charge in [0, 0.05) is 16.6 Å². The molecule has 2 nitrogen and oxygen atoms in total. The summed E-state index contributed by atoms with van der Waals surface area (Å²) in [6, 6.07) is 9.30. The van der Waals surface area contributed by atoms with E-state index in [1.807, 2.05) is 24.3 Å². The zero-order valence-electron chi connectivity index (χ0n) is 8.54. The summed E-state index contributed by atoms with van der Waals surface area (Å²) < 4.78 is 5.20. The van der Waals surface area contributed by atoms with Crippen LogP contribution >= 0.6 is 23.2 Å². The molecule has 1 aromatic heterocycles. The number of nitrogens with one attached hydrogen (secondary N) is 1. The van der Waals surface area contributed by atoms with Gasteiger partial charge in [-0.15, -0.1) is 0 Å². The lowest BCUT2D eigenvalue weighted by Crippen LogP contribution is -2.12. The van der Waals surface area contributed by atoms with Gasteiger partial charge in [-0.3, -0.25) is 0 Å². The highest BCUT2D eigenvalue weighted by molar-refractivity contribution is 6.34. The molecular weight excluding hydrogens is 245 g/mol. The van der Waals surface area contributed by atoms with Gasteiger partial charge in [0.25, 0.3) is 0 Å². The van der Waals surface area contributed by atoms with Gasteiger partial charge < -0.3 is 9.73 Å². The van der Waals surface area contributed by atoms with E-state index in [-0.39, 0.29) is 0 Å². The molecule has 1 heterocycles. The third-order valence-corrected chi connectivity index (χ3v) is 2.57. The molecule has 84 valence electrons. The number of hydrogen-bond donors (Lipinski definition) is 1. The van der Waals surface area contributed by atoms with Gasteiger partial charge in [0.15, 0.2) is 0 Å². The van der Waals surface area contributed by atoms with E-state index in [1.54, 1.807) is 12.3 Å². The second-order valence-corrected chi connectivity index (χ2v) is 4.33. The summed E-state index contributed by atoms with van der Waals surface area (Å²) in [5.74, 6) is 0.910. The van der Waals surface area contributed by atoms with Crippen molar-refractivity contribution in [1.82, 2.24) is 5.32 Å². The average Bonchev–Trinajstić information content (AvgIpc) is 2.69. The third-order valence-electron chi connectivity index (χ3n) is 2.13. The average molecular weight is 256 g/mol. The van der Waals surface area contributed by atoms with Crippen molar-refractivity contribution in [2.75, 3.05) is 0 Å². The Morgan fingerprint density at radius 3 is 2.44 bits per heavy atom. The van der Waals surface area contributed by atoms with Crippen LogP contribution in [0.2, 0.25) is 10.0 Å². The molecule has 2 aromatic rings. The molecule has 0 saturated carbocycles. The van der Waals surface area contributed by atoms with Gasteiger partial charge in [0.1, 0.15) is 5.76 Å². The largest absolute Gasteiger partial charge is 0.468 e. The monoisotopic (exact) mass is 255 g/mol. The lowest BCUT2D eigenvalue weighted by molar-refractivity contribution is 0.483. The number of rotatable bonds is 4. The Bertz CT molecular complexity index is 434. The maximum Gasteiger partial charge on any atom is 0.117 e. The molecule has 1 aromatic carbocycles. The lowest BCUT2D eigenvalue weighted by Gasteiger charge is -2.04. The van der Waals surface area contributed by atoms with Crippen molar-refractivity contribution in [1.29, 1.82) is 0 Å². The molecule has 0 fully saturated rings. The Balaban J connectivity index is 1.89. The SMILES string of the molecule is Clc1cc(Cl)cc(CNCc2ccco2)c1. The number of halogens is 2. The molecule has 4 heteroatoms. The summed E-state index contributed by atoms with van der Waals surface area (Å²) in [6.45, 7) is 1.40. The molecule has 2 rings (SSSR count). The summed E-state index contributed by atoms with van der Waals surface area (Å²) in [5, 5.41) is 4.56. The van der Waals surface area contributed by atoms with E-state index < -0.39 is 0 Å². The highest BCUT2D eigenvalue weighted by atomic mass is 35.5. The van der Waals surface area contributed by atoms with Crippen molar-refractivity contribution in [2.24, 2.45) is 0 Å². The Morgan fingerprint density at radius 2 is 1.81 bits per heavy atom. The van der Waals surface area contributed by atoms with Gasteiger partial charge in [0.05, 0.1) is 12.8 Å². The molecule has 0 atom stereocenters. The van der Waals surface area contributed by atoms with E-state index in [0.717, 1.165) is 11.3 Å². The second-order valence-electron chi connectivity index (χ2n) is 3.46. The van der Waals surface area contributed by atoms with E-state index in [1.165, 1.54) is 0 Å². The fraction of sp³-hybridized carbons (Fsp3) is 0.167. The van der Waals surface area contributed by atoms with Crippen LogP contribution in [0.4, 0.5) is 0 Å². The highest BCUT2D eigenvalue weighted by Gasteiger charge is 1.99. The predicted octanol–water partition coefficient (Wildman–Crippen LogP) is 3.88. The van der Waals surface area contributed by atoms with Crippen molar-refractivity contribution in [2.45, 2.75) is 13.1 Å². The first-order chi connectivity index (χ1) is 7.74. The van der Waals surface area contributed by atoms with Gasteiger partial charge in [-0.2, -0.15) is 0 Å². The van der Waals surface area contributed by atoms with Crippen molar-refractivity contribution in [3.8, 4) is 0 Å². The van der Waals surface area contributed by atoms with E-state index >= 15 is 0 Å². The topological polar surface area (TPSA) is 25.2 Å². The molecule has 0 spiro atoms. The van der Waals surface area contributed by atoms with E-state index in [4.69, 9.17) is 27.6 Å². The fourth-order valence-electron chi connectivity index (χ4n) is 1.46. The van der Waals surface area contributed by atoms with Crippen molar-refractivity contribution in [3.63, 3.8) is 0 Å². The predicted molar refractivity (Wildman–Crippen MR) is 65.7 cm³/mol. The van der Waals surface area contributed by atoms with Crippen LogP contribution in [-0.4, -0.2) is 0 Å². The summed E-state index contributed by atoms with van der Waals surface area (Å²) in [7, 11) is 0. The minimum atomic E-state index is 0.655. The number of furan rings is 1. The van der Waals surface area contributed by atoms with Crippen molar-refractivity contribution in [3.05, 3.63) is 58.0 Å². The molecule has 0 amide bonds. The molecule has 0 aliphatic rings. The standard InChI is InChI=1S/C12H11Cl2NO/c13-10-4-9(5-11(14)6-10)7-15-8-12-2-1-3-16-12/h1-6,15H,7-8H2. The molecule has 0 saturated heterocycles. The van der Waals surface area contributed by atoms with Gasteiger partial charge >= 0.3 is 0 Å². The van der Waals surface area contributed by atoms with Crippen LogP contribution in [0.1, 0.15) is 11.3 Å². The quantitative estimate of drug-likeness (QED) is 0.898. The molecule has 0 unspecified atom stereocenters. The summed E-state index contributed by atoms with van der Waals surface area (Å²) in [4.78, 5) is 0. The van der Waals surface area contributed by atoms with Gasteiger partial charge in [-0.05, 0) is 35.9 Å². The van der Waals surface area contributed by atoms with Gasteiger partial charge in [-0.25, -0.2) is 0 Å². The zero-order valence-corrected chi connectivity index (χ0v) is 10.1. The molecule has 16 heavy (non-hydrogen) atoms. The van der Waals surface area contributed by atoms with Crippen LogP contribution in [0.3, 0.4) is 0 Å². The van der Waals surface area contributed by atoms with E-state index in [2.05, 4.69) is 5.32 Å². The van der Waals surface area contributed by atoms with Crippen LogP contribution in [0, 0.1) is 0 Å². The molecule has 1 N–H and O–H groups in total. The van der Waals surface area contributed by atoms with E-state index in [9.17, 15) is 0 Å². The summed E-state index contributed by atoms with van der Waals surface area (Å²) in [5.41, 5.74) is 1.06. The van der Waals surface area contributed by atoms with Crippen LogP contribution in [-0.2, 0) is 13.1 Å². The Hall–Kier alpha value is -0.960. The summed E-state index contributed by atoms with van der Waals surface area (Å²) >= 11 is 11.8. The Morgan fingerprint density at radius 1 is 1.06 bits per heavy atom. The maximum absolute atomic E-state index is 5.90. The van der Waals surface area contributed by atoms with Crippen molar-refractivity contribution < 1.29 is 4.42 Å². The molecule has 0 radical (unpaired) electrons. The second kappa shape index (κ2) is 5.39. The van der Waals surface area contributed by atoms with E-state index in [0.29, 0.717) is 23.1 Å². The molecular formula is C12H11Cl2NO. The van der Waals surface area contributed by atoms with Crippen LogP contribution in [0.25, 0.3) is 0 Å². The third kappa shape index (κ3) is 3.27. The lowest BCUT2D eigenvalue weighted by atomic mass is 10.2. The Labute approximate surface area is 104 Å². The number of hydrogen-bond acceptors (Lipinski definition) is 2. The fourth-order valence-corrected chi connectivity index (χ4v) is 2.03. The first-order valence-electron chi connectivity index (χ1n) is 4.92. The van der Waals surface area contributed by atoms with Gasteiger partial charge in [0.2, 0.25) is 0 Å². The normalized spacial score (nSPS) is 10.6. The molecule has 0 aliphatic carbocycles. The first kappa shape index (κ1) is 11.5. The van der Waals surface area contributed by atoms with Crippen molar-refractivity contribution >= 4 is 23.2 Å². The molecule has 0 bridgehead atoms. The minimum Gasteiger partial charge on any atom is -0.468 e.